The van der Waals surface area contributed by atoms with Crippen molar-refractivity contribution in [3.63, 3.8) is 0 Å². The molecule has 12 rings (SSSR count). The van der Waals surface area contributed by atoms with Crippen molar-refractivity contribution in [3.8, 4) is 32.6 Å². The van der Waals surface area contributed by atoms with E-state index in [1.807, 2.05) is 24.3 Å². The fourth-order valence-corrected chi connectivity index (χ4v) is 21.7. The van der Waals surface area contributed by atoms with Gasteiger partial charge in [-0.2, -0.15) is 9.97 Å². The molecule has 0 bridgehead atoms. The third-order valence-electron chi connectivity index (χ3n) is 13.2. The van der Waals surface area contributed by atoms with Crippen LogP contribution in [0.25, 0.3) is 41.6 Å². The molecule has 2 aromatic heterocycles. The van der Waals surface area contributed by atoms with Crippen LogP contribution in [0.5, 0.6) is 11.5 Å². The van der Waals surface area contributed by atoms with E-state index in [1.54, 1.807) is 34.8 Å². The van der Waals surface area contributed by atoms with Gasteiger partial charge in [0.05, 0.1) is 0 Å². The maximum Gasteiger partial charge on any atom is 2.00 e. The van der Waals surface area contributed by atoms with Crippen molar-refractivity contribution < 1.29 is 20.2 Å². The zero-order chi connectivity index (χ0) is 47.3. The van der Waals surface area contributed by atoms with Crippen molar-refractivity contribution in [2.75, 3.05) is 0 Å². The number of fused-ring (bicyclic) bond motifs is 2. The minimum absolute atomic E-state index is 0. The molecule has 0 saturated heterocycles. The molecule has 0 amide bonds. The molecule has 0 radical (unpaired) electrons. The standard InChI is InChI=1S/2C31H23NOSSi.Be/c2*33-29-21-20-26(22-27(29)31-32-28-18-10-11-19-30(28)34-31)35(23-12-4-1-5-13-23,24-14-6-2-7-15-24)25-16-8-3-9-17-25;/h2*1-22,33H;/q;;+2. The zero-order valence-electron chi connectivity index (χ0n) is 38.7. The number of nitrogens with one attached hydrogen (secondary N) is 2. The Morgan fingerprint density at radius 2 is 0.535 bits per heavy atom. The van der Waals surface area contributed by atoms with Crippen molar-refractivity contribution in [1.82, 2.24) is 0 Å². The van der Waals surface area contributed by atoms with Crippen LogP contribution < -0.4 is 61.7 Å². The normalized spacial score (nSPS) is 11.4. The Morgan fingerprint density at radius 1 is 0.282 bits per heavy atom. The third kappa shape index (κ3) is 8.78. The molecule has 10 aromatic carbocycles. The molecule has 0 aliphatic rings. The molecule has 0 aliphatic carbocycles. The van der Waals surface area contributed by atoms with Crippen LogP contribution in [0.3, 0.4) is 0 Å². The summed E-state index contributed by atoms with van der Waals surface area (Å²) < 4.78 is 2.29. The van der Waals surface area contributed by atoms with Gasteiger partial charge in [-0.15, -0.1) is 0 Å². The van der Waals surface area contributed by atoms with E-state index >= 15 is 0 Å². The van der Waals surface area contributed by atoms with Crippen LogP contribution in [0.15, 0.2) is 267 Å². The number of rotatable bonds is 10. The number of thiazole rings is 2. The van der Waals surface area contributed by atoms with Gasteiger partial charge in [0.1, 0.15) is 9.40 Å². The van der Waals surface area contributed by atoms with Crippen molar-refractivity contribution in [3.05, 3.63) is 267 Å². The van der Waals surface area contributed by atoms with Gasteiger partial charge in [0, 0.05) is 23.3 Å². The molecule has 0 unspecified atom stereocenters. The van der Waals surface area contributed by atoms with E-state index in [0.29, 0.717) is 0 Å². The Morgan fingerprint density at radius 3 is 0.803 bits per heavy atom. The van der Waals surface area contributed by atoms with Crippen LogP contribution in [0.2, 0.25) is 0 Å². The molecule has 0 atom stereocenters. The van der Waals surface area contributed by atoms with Gasteiger partial charge in [0.25, 0.3) is 10.0 Å². The summed E-state index contributed by atoms with van der Waals surface area (Å²) in [6.45, 7) is 0. The monoisotopic (exact) mass is 979 g/mol. The van der Waals surface area contributed by atoms with Crippen molar-refractivity contribution in [2.45, 2.75) is 0 Å². The van der Waals surface area contributed by atoms with E-state index in [-0.39, 0.29) is 21.6 Å². The quantitative estimate of drug-likeness (QED) is 0.107. The summed E-state index contributed by atoms with van der Waals surface area (Å²) >= 11 is 3.26. The van der Waals surface area contributed by atoms with Crippen LogP contribution >= 0.6 is 22.7 Å². The number of hydrogen-bond donors (Lipinski definition) is 0. The predicted octanol–water partition coefficient (Wildman–Crippen LogP) is 7.29. The Balaban J connectivity index is 0.000000162. The number of hydrogen-bond acceptors (Lipinski definition) is 4. The van der Waals surface area contributed by atoms with E-state index in [2.05, 4.69) is 240 Å². The molecule has 2 N–H and O–H groups in total. The first-order valence-electron chi connectivity index (χ1n) is 23.3. The van der Waals surface area contributed by atoms with Gasteiger partial charge in [-0.25, -0.2) is 0 Å². The number of benzene rings is 10. The summed E-state index contributed by atoms with van der Waals surface area (Å²) in [5.74, 6) is 0.0716. The second kappa shape index (κ2) is 20.6. The summed E-state index contributed by atoms with van der Waals surface area (Å²) in [6.07, 6.45) is 0. The Bertz CT molecular complexity index is 3190. The number of aromatic nitrogens is 2. The number of H-pyrrole nitrogens is 2. The first kappa shape index (κ1) is 46.9. The average Bonchev–Trinajstić information content (AvgIpc) is 4.07. The summed E-state index contributed by atoms with van der Waals surface area (Å²) in [5, 5.41) is 38.3. The van der Waals surface area contributed by atoms with Gasteiger partial charge in [0.15, 0.2) is 16.1 Å². The minimum Gasteiger partial charge on any atom is -0.872 e. The Labute approximate surface area is 427 Å². The third-order valence-corrected chi connectivity index (χ3v) is 25.0. The molecule has 9 heteroatoms. The molecule has 0 fully saturated rings. The van der Waals surface area contributed by atoms with Crippen LogP contribution in [-0.4, -0.2) is 26.3 Å². The number of para-hydroxylation sites is 2. The molecule has 4 nitrogen and oxygen atoms in total. The van der Waals surface area contributed by atoms with Crippen LogP contribution in [0, 0.1) is 0 Å². The van der Waals surface area contributed by atoms with Gasteiger partial charge in [-0.1, -0.05) is 265 Å². The molecule has 0 saturated carbocycles. The Hall–Kier alpha value is -7.82. The van der Waals surface area contributed by atoms with Crippen LogP contribution in [0.1, 0.15) is 0 Å². The SMILES string of the molecule is [Be+2].[O-]c1ccc([Si](c2ccccc2)(c2ccccc2)c2ccccc2)cc1-c1[nH+]c2ccccc2s1.[O-]c1ccc([Si](c2ccccc2)(c2ccccc2)c2ccccc2)cc1-c1[nH+]c2ccccc2s1. The molecule has 336 valence electrons. The zero-order valence-corrected chi connectivity index (χ0v) is 42.4. The van der Waals surface area contributed by atoms with Crippen molar-refractivity contribution in [2.24, 2.45) is 0 Å². The van der Waals surface area contributed by atoms with E-state index in [9.17, 15) is 10.2 Å². The smallest absolute Gasteiger partial charge is 0.872 e. The van der Waals surface area contributed by atoms with Crippen LogP contribution in [0.4, 0.5) is 0 Å². The fourth-order valence-electron chi connectivity index (χ4n) is 10.1. The van der Waals surface area contributed by atoms with E-state index < -0.39 is 16.1 Å². The molecular formula is C62H46BeN2O2S2Si2+2. The van der Waals surface area contributed by atoms with Gasteiger partial charge in [-0.3, -0.25) is 0 Å². The van der Waals surface area contributed by atoms with Crippen molar-refractivity contribution >= 4 is 111 Å². The molecule has 0 spiro atoms. The van der Waals surface area contributed by atoms with Gasteiger partial charge in [-0.05, 0) is 65.8 Å². The minimum atomic E-state index is -2.67. The van der Waals surface area contributed by atoms with Gasteiger partial charge in [0.2, 0.25) is 11.0 Å². The second-order valence-corrected chi connectivity index (χ2v) is 26.9. The Kier molecular flexibility index (Phi) is 13.6. The summed E-state index contributed by atoms with van der Waals surface area (Å²) in [4.78, 5) is 6.97. The summed E-state index contributed by atoms with van der Waals surface area (Å²) in [5.41, 5.74) is 3.55. The fraction of sp³-hybridized carbons (Fsp3) is 0. The predicted molar refractivity (Wildman–Crippen MR) is 300 cm³/mol. The van der Waals surface area contributed by atoms with E-state index in [1.165, 1.54) is 41.5 Å². The summed E-state index contributed by atoms with van der Waals surface area (Å²) in [6, 6.07) is 92.9. The van der Waals surface area contributed by atoms with Gasteiger partial charge < -0.3 is 10.2 Å². The van der Waals surface area contributed by atoms with Gasteiger partial charge >= 0.3 is 10.1 Å². The van der Waals surface area contributed by atoms with Crippen LogP contribution in [-0.2, 0) is 0 Å². The molecule has 0 aliphatic heterocycles. The second-order valence-electron chi connectivity index (χ2n) is 17.2. The van der Waals surface area contributed by atoms with Crippen molar-refractivity contribution in [1.29, 1.82) is 0 Å². The van der Waals surface area contributed by atoms with E-state index in [4.69, 9.17) is 0 Å². The maximum absolute atomic E-state index is 13.2. The molecule has 12 aromatic rings. The maximum atomic E-state index is 13.2. The largest absolute Gasteiger partial charge is 2.00 e. The molecule has 71 heavy (non-hydrogen) atoms. The first-order chi connectivity index (χ1) is 34.5. The molecular weight excluding hydrogens is 934 g/mol. The first-order valence-corrected chi connectivity index (χ1v) is 29.0. The average molecular weight is 980 g/mol. The summed E-state index contributed by atoms with van der Waals surface area (Å²) in [7, 11) is -5.35. The number of aromatic amines is 2. The molecule has 2 heterocycles. The van der Waals surface area contributed by atoms with E-state index in [0.717, 1.165) is 41.6 Å². The topological polar surface area (TPSA) is 74.4 Å².